The molecule has 0 bridgehead atoms. The third kappa shape index (κ3) is 3.78. The maximum absolute atomic E-state index is 12.3. The summed E-state index contributed by atoms with van der Waals surface area (Å²) in [5.41, 5.74) is 6.93. The Morgan fingerprint density at radius 3 is 2.22 bits per heavy atom. The summed E-state index contributed by atoms with van der Waals surface area (Å²) in [6, 6.07) is 8.57. The highest BCUT2D eigenvalue weighted by atomic mass is 79.9. The van der Waals surface area contributed by atoms with E-state index in [9.17, 15) is 4.79 Å². The molecule has 126 valence electrons. The first-order valence-electron chi connectivity index (χ1n) is 8.83. The number of piperidine rings is 2. The van der Waals surface area contributed by atoms with E-state index in [4.69, 9.17) is 5.73 Å². The van der Waals surface area contributed by atoms with E-state index in [1.807, 2.05) is 0 Å². The van der Waals surface area contributed by atoms with Crippen molar-refractivity contribution in [2.75, 3.05) is 26.2 Å². The second-order valence-corrected chi connectivity index (χ2v) is 8.08. The van der Waals surface area contributed by atoms with Crippen LogP contribution in [0.3, 0.4) is 0 Å². The van der Waals surface area contributed by atoms with Crippen LogP contribution in [-0.2, 0) is 11.3 Å². The van der Waals surface area contributed by atoms with Gasteiger partial charge in [-0.15, -0.1) is 0 Å². The smallest absolute Gasteiger partial charge is 0.279 e. The Kier molecular flexibility index (Phi) is 5.39. The number of quaternary nitrogens is 2. The van der Waals surface area contributed by atoms with Gasteiger partial charge in [0.2, 0.25) is 0 Å². The highest BCUT2D eigenvalue weighted by Crippen LogP contribution is 2.15. The van der Waals surface area contributed by atoms with Crippen molar-refractivity contribution in [3.05, 3.63) is 34.3 Å². The molecule has 2 aliphatic rings. The van der Waals surface area contributed by atoms with Gasteiger partial charge in [-0.1, -0.05) is 28.1 Å². The van der Waals surface area contributed by atoms with Gasteiger partial charge in [0.25, 0.3) is 5.91 Å². The van der Waals surface area contributed by atoms with E-state index in [0.29, 0.717) is 0 Å². The maximum Gasteiger partial charge on any atom is 0.279 e. The third-order valence-electron chi connectivity index (χ3n) is 5.78. The number of carbonyl (C=O) groups is 1. The van der Waals surface area contributed by atoms with Crippen molar-refractivity contribution in [3.8, 4) is 0 Å². The molecule has 0 atom stereocenters. The van der Waals surface area contributed by atoms with Crippen LogP contribution in [0.15, 0.2) is 28.7 Å². The van der Waals surface area contributed by atoms with Crippen LogP contribution in [0.5, 0.6) is 0 Å². The summed E-state index contributed by atoms with van der Waals surface area (Å²) in [6.07, 6.45) is 5.64. The first-order valence-corrected chi connectivity index (χ1v) is 9.62. The van der Waals surface area contributed by atoms with Crippen LogP contribution in [0.4, 0.5) is 0 Å². The first kappa shape index (κ1) is 16.9. The Morgan fingerprint density at radius 1 is 1.04 bits per heavy atom. The normalized spacial score (nSPS) is 29.3. The van der Waals surface area contributed by atoms with Gasteiger partial charge in [-0.05, 0) is 31.4 Å². The molecule has 0 spiro atoms. The molecule has 5 heteroatoms. The second-order valence-electron chi connectivity index (χ2n) is 7.16. The monoisotopic (exact) mass is 381 g/mol. The number of primary amides is 1. The summed E-state index contributed by atoms with van der Waals surface area (Å²) in [7, 11) is 0. The number of nitrogens with one attached hydrogen (secondary N) is 2. The SMILES string of the molecule is NC(=O)C1([NH+]2CCCCC2)CC[NH+](Cc2ccc(Br)cc2)CC1. The van der Waals surface area contributed by atoms with Gasteiger partial charge in [0.15, 0.2) is 5.54 Å². The Morgan fingerprint density at radius 2 is 1.65 bits per heavy atom. The van der Waals surface area contributed by atoms with Gasteiger partial charge in [-0.3, -0.25) is 4.79 Å². The zero-order chi connectivity index (χ0) is 16.3. The summed E-state index contributed by atoms with van der Waals surface area (Å²) < 4.78 is 1.12. The standard InChI is InChI=1S/C18H26BrN3O/c19-16-6-4-15(5-7-16)14-21-12-8-18(9-13-21,17(20)23)22-10-2-1-3-11-22/h4-7H,1-3,8-14H2,(H2,20,23)/p+2. The van der Waals surface area contributed by atoms with E-state index in [2.05, 4.69) is 40.2 Å². The number of hydrogen-bond donors (Lipinski definition) is 3. The zero-order valence-corrected chi connectivity index (χ0v) is 15.3. The zero-order valence-electron chi connectivity index (χ0n) is 13.7. The Labute approximate surface area is 147 Å². The van der Waals surface area contributed by atoms with Crippen LogP contribution in [-0.4, -0.2) is 37.6 Å². The molecule has 0 unspecified atom stereocenters. The fraction of sp³-hybridized carbons (Fsp3) is 0.611. The third-order valence-corrected chi connectivity index (χ3v) is 6.31. The minimum absolute atomic E-state index is 0.0721. The molecule has 4 N–H and O–H groups in total. The van der Waals surface area contributed by atoms with Gasteiger partial charge in [0.05, 0.1) is 39.0 Å². The van der Waals surface area contributed by atoms with Crippen LogP contribution < -0.4 is 15.5 Å². The molecule has 2 aliphatic heterocycles. The average molecular weight is 382 g/mol. The van der Waals surface area contributed by atoms with Gasteiger partial charge in [0.1, 0.15) is 6.54 Å². The topological polar surface area (TPSA) is 52.0 Å². The highest BCUT2D eigenvalue weighted by molar-refractivity contribution is 9.10. The Hall–Kier alpha value is -0.910. The molecule has 1 amide bonds. The molecule has 3 rings (SSSR count). The lowest BCUT2D eigenvalue weighted by Crippen LogP contribution is -3.25. The van der Waals surface area contributed by atoms with Crippen molar-refractivity contribution in [2.24, 2.45) is 5.73 Å². The van der Waals surface area contributed by atoms with Gasteiger partial charge >= 0.3 is 0 Å². The number of amides is 1. The van der Waals surface area contributed by atoms with E-state index in [-0.39, 0.29) is 11.4 Å². The van der Waals surface area contributed by atoms with Crippen molar-refractivity contribution < 1.29 is 14.6 Å². The minimum Gasteiger partial charge on any atom is -0.364 e. The van der Waals surface area contributed by atoms with Gasteiger partial charge in [-0.25, -0.2) is 0 Å². The summed E-state index contributed by atoms with van der Waals surface area (Å²) in [5.74, 6) is -0.0721. The molecule has 4 nitrogen and oxygen atoms in total. The fourth-order valence-electron chi connectivity index (χ4n) is 4.33. The van der Waals surface area contributed by atoms with Crippen molar-refractivity contribution in [1.82, 2.24) is 0 Å². The summed E-state index contributed by atoms with van der Waals surface area (Å²) in [5, 5.41) is 0. The Bertz CT molecular complexity index is 532. The van der Waals surface area contributed by atoms with Crippen LogP contribution in [0.2, 0.25) is 0 Å². The number of hydrogen-bond acceptors (Lipinski definition) is 1. The second kappa shape index (κ2) is 7.32. The van der Waals surface area contributed by atoms with Crippen molar-refractivity contribution in [2.45, 2.75) is 44.2 Å². The van der Waals surface area contributed by atoms with Crippen molar-refractivity contribution in [1.29, 1.82) is 0 Å². The lowest BCUT2D eigenvalue weighted by molar-refractivity contribution is -0.978. The van der Waals surface area contributed by atoms with Gasteiger partial charge in [0, 0.05) is 10.0 Å². The number of rotatable bonds is 4. The van der Waals surface area contributed by atoms with Crippen LogP contribution >= 0.6 is 15.9 Å². The van der Waals surface area contributed by atoms with E-state index in [1.165, 1.54) is 29.7 Å². The molecule has 2 heterocycles. The lowest BCUT2D eigenvalue weighted by Gasteiger charge is -2.43. The van der Waals surface area contributed by atoms with E-state index < -0.39 is 0 Å². The summed E-state index contributed by atoms with van der Waals surface area (Å²) >= 11 is 3.48. The average Bonchev–Trinajstić information content (AvgIpc) is 2.58. The molecule has 2 saturated heterocycles. The fourth-order valence-corrected chi connectivity index (χ4v) is 4.59. The van der Waals surface area contributed by atoms with Crippen LogP contribution in [0, 0.1) is 0 Å². The number of carbonyl (C=O) groups excluding carboxylic acids is 1. The number of benzene rings is 1. The van der Waals surface area contributed by atoms with E-state index in [1.54, 1.807) is 4.90 Å². The minimum atomic E-state index is -0.302. The predicted octanol–water partition coefficient (Wildman–Crippen LogP) is -0.0793. The van der Waals surface area contributed by atoms with E-state index >= 15 is 0 Å². The first-order chi connectivity index (χ1) is 11.1. The molecular weight excluding hydrogens is 354 g/mol. The summed E-state index contributed by atoms with van der Waals surface area (Å²) in [6.45, 7) is 5.36. The quantitative estimate of drug-likeness (QED) is 0.671. The molecule has 0 aromatic heterocycles. The van der Waals surface area contributed by atoms with Crippen molar-refractivity contribution >= 4 is 21.8 Å². The molecule has 23 heavy (non-hydrogen) atoms. The Balaban J connectivity index is 1.62. The molecule has 1 aromatic rings. The number of nitrogens with two attached hydrogens (primary N) is 1. The largest absolute Gasteiger partial charge is 0.364 e. The molecular formula is C18H28BrN3O+2. The van der Waals surface area contributed by atoms with Crippen molar-refractivity contribution in [3.63, 3.8) is 0 Å². The molecule has 0 radical (unpaired) electrons. The number of likely N-dealkylation sites (tertiary alicyclic amines) is 2. The van der Waals surface area contributed by atoms with Crippen LogP contribution in [0.25, 0.3) is 0 Å². The maximum atomic E-state index is 12.3. The molecule has 2 fully saturated rings. The molecule has 0 aliphatic carbocycles. The van der Waals surface area contributed by atoms with Gasteiger partial charge < -0.3 is 15.5 Å². The highest BCUT2D eigenvalue weighted by Gasteiger charge is 2.50. The van der Waals surface area contributed by atoms with E-state index in [0.717, 1.165) is 50.0 Å². The molecule has 1 aromatic carbocycles. The number of halogens is 1. The summed E-state index contributed by atoms with van der Waals surface area (Å²) in [4.78, 5) is 15.3. The lowest BCUT2D eigenvalue weighted by atomic mass is 9.83. The van der Waals surface area contributed by atoms with Crippen LogP contribution in [0.1, 0.15) is 37.7 Å². The predicted molar refractivity (Wildman–Crippen MR) is 94.2 cm³/mol. The molecule has 0 saturated carbocycles. The van der Waals surface area contributed by atoms with Gasteiger partial charge in [-0.2, -0.15) is 0 Å².